The molecule has 25 heavy (non-hydrogen) atoms. The number of aryl methyl sites for hydroxylation is 2. The summed E-state index contributed by atoms with van der Waals surface area (Å²) in [7, 11) is 0. The van der Waals surface area contributed by atoms with Crippen LogP contribution in [0.3, 0.4) is 0 Å². The lowest BCUT2D eigenvalue weighted by molar-refractivity contribution is -0.133. The van der Waals surface area contributed by atoms with Gasteiger partial charge < -0.3 is 14.7 Å². The minimum Gasteiger partial charge on any atom is -0.339 e. The Balaban J connectivity index is 1.48. The molecule has 0 aromatic heterocycles. The third-order valence-corrected chi connectivity index (χ3v) is 5.51. The third kappa shape index (κ3) is 4.40. The van der Waals surface area contributed by atoms with Gasteiger partial charge in [-0.3, -0.25) is 9.59 Å². The van der Waals surface area contributed by atoms with Crippen molar-refractivity contribution >= 4 is 11.8 Å². The van der Waals surface area contributed by atoms with Crippen LogP contribution < -0.4 is 0 Å². The van der Waals surface area contributed by atoms with Crippen molar-refractivity contribution in [2.45, 2.75) is 33.1 Å². The maximum Gasteiger partial charge on any atom is 0.253 e. The predicted octanol–water partition coefficient (Wildman–Crippen LogP) is 2.07. The first-order valence-electron chi connectivity index (χ1n) is 9.41. The fraction of sp³-hybridized carbons (Fsp3) is 0.600. The summed E-state index contributed by atoms with van der Waals surface area (Å²) in [5, 5.41) is 0. The van der Waals surface area contributed by atoms with E-state index in [2.05, 4.69) is 11.8 Å². The number of rotatable bonds is 4. The molecule has 0 unspecified atom stereocenters. The monoisotopic (exact) mass is 343 g/mol. The second-order valence-corrected chi connectivity index (χ2v) is 7.27. The topological polar surface area (TPSA) is 43.9 Å². The van der Waals surface area contributed by atoms with Crippen LogP contribution in [0.15, 0.2) is 18.2 Å². The molecule has 1 aromatic rings. The van der Waals surface area contributed by atoms with Crippen molar-refractivity contribution in [3.05, 3.63) is 34.9 Å². The Labute approximate surface area is 150 Å². The Morgan fingerprint density at radius 1 is 0.880 bits per heavy atom. The number of benzene rings is 1. The molecule has 0 radical (unpaired) electrons. The highest BCUT2D eigenvalue weighted by molar-refractivity contribution is 5.94. The smallest absolute Gasteiger partial charge is 0.253 e. The van der Waals surface area contributed by atoms with E-state index in [1.807, 2.05) is 34.9 Å². The lowest BCUT2D eigenvalue weighted by Gasteiger charge is -2.35. The van der Waals surface area contributed by atoms with Crippen LogP contribution >= 0.6 is 0 Å². The van der Waals surface area contributed by atoms with Gasteiger partial charge in [-0.25, -0.2) is 0 Å². The van der Waals surface area contributed by atoms with Crippen LogP contribution in [0.25, 0.3) is 0 Å². The van der Waals surface area contributed by atoms with Crippen molar-refractivity contribution in [3.8, 4) is 0 Å². The largest absolute Gasteiger partial charge is 0.339 e. The van der Waals surface area contributed by atoms with Gasteiger partial charge in [0.05, 0.1) is 0 Å². The molecule has 0 spiro atoms. The van der Waals surface area contributed by atoms with Crippen molar-refractivity contribution < 1.29 is 9.59 Å². The Hall–Kier alpha value is -1.88. The molecule has 3 rings (SSSR count). The Morgan fingerprint density at radius 3 is 2.16 bits per heavy atom. The summed E-state index contributed by atoms with van der Waals surface area (Å²) in [6.45, 7) is 9.77. The molecule has 5 nitrogen and oxygen atoms in total. The van der Waals surface area contributed by atoms with Crippen LogP contribution in [-0.4, -0.2) is 72.3 Å². The second kappa shape index (κ2) is 8.00. The van der Waals surface area contributed by atoms with E-state index in [1.165, 1.54) is 18.4 Å². The van der Waals surface area contributed by atoms with Crippen molar-refractivity contribution in [1.82, 2.24) is 14.7 Å². The molecule has 0 aliphatic carbocycles. The number of piperazine rings is 1. The molecule has 0 saturated carbocycles. The van der Waals surface area contributed by atoms with E-state index >= 15 is 0 Å². The van der Waals surface area contributed by atoms with Crippen LogP contribution in [0.5, 0.6) is 0 Å². The molecule has 0 bridgehead atoms. The summed E-state index contributed by atoms with van der Waals surface area (Å²) >= 11 is 0. The number of likely N-dealkylation sites (tertiary alicyclic amines) is 1. The van der Waals surface area contributed by atoms with Gasteiger partial charge in [-0.15, -0.1) is 0 Å². The maximum atomic E-state index is 12.7. The molecule has 2 amide bonds. The summed E-state index contributed by atoms with van der Waals surface area (Å²) in [4.78, 5) is 31.2. The van der Waals surface area contributed by atoms with E-state index in [1.54, 1.807) is 0 Å². The maximum absolute atomic E-state index is 12.7. The molecule has 5 heteroatoms. The summed E-state index contributed by atoms with van der Waals surface area (Å²) in [5.74, 6) is 0.303. The molecule has 0 atom stereocenters. The summed E-state index contributed by atoms with van der Waals surface area (Å²) in [6.07, 6.45) is 3.12. The van der Waals surface area contributed by atoms with Gasteiger partial charge in [0, 0.05) is 44.7 Å². The molecule has 136 valence electrons. The lowest BCUT2D eigenvalue weighted by Crippen LogP contribution is -2.51. The van der Waals surface area contributed by atoms with Gasteiger partial charge in [0.25, 0.3) is 5.91 Å². The summed E-state index contributed by atoms with van der Waals surface area (Å²) in [6, 6.07) is 5.87. The Morgan fingerprint density at radius 2 is 1.52 bits per heavy atom. The minimum absolute atomic E-state index is 0.0762. The van der Waals surface area contributed by atoms with Crippen LogP contribution in [0.1, 0.15) is 40.7 Å². The quantitative estimate of drug-likeness (QED) is 0.841. The molecule has 2 aliphatic rings. The van der Waals surface area contributed by atoms with Gasteiger partial charge in [0.15, 0.2) is 0 Å². The number of nitrogens with zero attached hydrogens (tertiary/aromatic N) is 3. The average Bonchev–Trinajstić information content (AvgIpc) is 3.15. The van der Waals surface area contributed by atoms with Gasteiger partial charge >= 0.3 is 0 Å². The standard InChI is InChI=1S/C20H29N3O2/c1-16-5-6-18(15-17(16)2)20(25)23-13-11-22(12-14-23)19(24)7-10-21-8-3-4-9-21/h5-6,15H,3-4,7-14H2,1-2H3. The van der Waals surface area contributed by atoms with Gasteiger partial charge in [-0.05, 0) is 63.0 Å². The van der Waals surface area contributed by atoms with Crippen LogP contribution in [0.4, 0.5) is 0 Å². The fourth-order valence-corrected chi connectivity index (χ4v) is 3.63. The van der Waals surface area contributed by atoms with E-state index in [-0.39, 0.29) is 11.8 Å². The highest BCUT2D eigenvalue weighted by Crippen LogP contribution is 2.14. The first-order chi connectivity index (χ1) is 12.0. The first kappa shape index (κ1) is 17.9. The zero-order valence-corrected chi connectivity index (χ0v) is 15.5. The normalized spacial score (nSPS) is 18.6. The zero-order valence-electron chi connectivity index (χ0n) is 15.5. The van der Waals surface area contributed by atoms with Crippen LogP contribution in [0, 0.1) is 13.8 Å². The molecule has 2 saturated heterocycles. The van der Waals surface area contributed by atoms with Crippen molar-refractivity contribution in [3.63, 3.8) is 0 Å². The van der Waals surface area contributed by atoms with Gasteiger partial charge in [-0.1, -0.05) is 6.07 Å². The molecular formula is C20H29N3O2. The lowest BCUT2D eigenvalue weighted by atomic mass is 10.1. The molecule has 2 aliphatic heterocycles. The minimum atomic E-state index is 0.0762. The van der Waals surface area contributed by atoms with E-state index in [9.17, 15) is 9.59 Å². The highest BCUT2D eigenvalue weighted by atomic mass is 16.2. The predicted molar refractivity (Wildman–Crippen MR) is 98.7 cm³/mol. The summed E-state index contributed by atoms with van der Waals surface area (Å²) < 4.78 is 0. The molecule has 1 aromatic carbocycles. The zero-order chi connectivity index (χ0) is 17.8. The first-order valence-corrected chi connectivity index (χ1v) is 9.41. The van der Waals surface area contributed by atoms with Crippen molar-refractivity contribution in [1.29, 1.82) is 0 Å². The number of hydrogen-bond donors (Lipinski definition) is 0. The summed E-state index contributed by atoms with van der Waals surface area (Å²) in [5.41, 5.74) is 3.09. The second-order valence-electron chi connectivity index (χ2n) is 7.27. The Bertz CT molecular complexity index is 630. The highest BCUT2D eigenvalue weighted by Gasteiger charge is 2.25. The Kier molecular flexibility index (Phi) is 5.74. The number of hydrogen-bond acceptors (Lipinski definition) is 3. The SMILES string of the molecule is Cc1ccc(C(=O)N2CCN(C(=O)CCN3CCCC3)CC2)cc1C. The van der Waals surface area contributed by atoms with Crippen LogP contribution in [-0.2, 0) is 4.79 Å². The van der Waals surface area contributed by atoms with Crippen molar-refractivity contribution in [2.75, 3.05) is 45.8 Å². The number of carbonyl (C=O) groups is 2. The van der Waals surface area contributed by atoms with Crippen molar-refractivity contribution in [2.24, 2.45) is 0 Å². The molecule has 0 N–H and O–H groups in total. The fourth-order valence-electron chi connectivity index (χ4n) is 3.63. The number of amides is 2. The average molecular weight is 343 g/mol. The molecule has 2 fully saturated rings. The van der Waals surface area contributed by atoms with Gasteiger partial charge in [0.1, 0.15) is 0 Å². The van der Waals surface area contributed by atoms with E-state index in [4.69, 9.17) is 0 Å². The number of carbonyl (C=O) groups excluding carboxylic acids is 2. The molecular weight excluding hydrogens is 314 g/mol. The van der Waals surface area contributed by atoms with Crippen LogP contribution in [0.2, 0.25) is 0 Å². The van der Waals surface area contributed by atoms with Gasteiger partial charge in [0.2, 0.25) is 5.91 Å². The molecule has 2 heterocycles. The van der Waals surface area contributed by atoms with Gasteiger partial charge in [-0.2, -0.15) is 0 Å². The van der Waals surface area contributed by atoms with E-state index in [0.717, 1.165) is 30.8 Å². The third-order valence-electron chi connectivity index (χ3n) is 5.51. The van der Waals surface area contributed by atoms with E-state index in [0.29, 0.717) is 32.6 Å². The van der Waals surface area contributed by atoms with E-state index < -0.39 is 0 Å².